The second-order valence-electron chi connectivity index (χ2n) is 4.43. The Labute approximate surface area is 92.7 Å². The first-order valence-corrected chi connectivity index (χ1v) is 5.85. The zero-order chi connectivity index (χ0) is 11.3. The van der Waals surface area contributed by atoms with E-state index in [1.54, 1.807) is 6.08 Å². The van der Waals surface area contributed by atoms with E-state index in [9.17, 15) is 4.39 Å². The van der Waals surface area contributed by atoms with E-state index in [0.717, 1.165) is 6.42 Å². The van der Waals surface area contributed by atoms with Gasteiger partial charge in [0, 0.05) is 0 Å². The number of hydrogen-bond acceptors (Lipinski definition) is 1. The minimum absolute atomic E-state index is 0.103. The van der Waals surface area contributed by atoms with Crippen molar-refractivity contribution in [1.29, 1.82) is 0 Å². The van der Waals surface area contributed by atoms with Gasteiger partial charge in [-0.15, -0.1) is 0 Å². The first-order valence-electron chi connectivity index (χ1n) is 5.85. The topological polar surface area (TPSA) is 3.24 Å². The summed E-state index contributed by atoms with van der Waals surface area (Å²) in [5.41, 5.74) is 1.40. The predicted octanol–water partition coefficient (Wildman–Crippen LogP) is 3.54. The monoisotopic (exact) mass is 211 g/mol. The molecule has 1 heterocycles. The molecular weight excluding hydrogens is 189 g/mol. The van der Waals surface area contributed by atoms with Crippen molar-refractivity contribution in [3.8, 4) is 0 Å². The molecule has 0 amide bonds. The van der Waals surface area contributed by atoms with Gasteiger partial charge in [-0.25, -0.2) is 4.39 Å². The lowest BCUT2D eigenvalue weighted by atomic mass is 9.87. The summed E-state index contributed by atoms with van der Waals surface area (Å²) >= 11 is 0. The van der Waals surface area contributed by atoms with Crippen molar-refractivity contribution in [2.75, 3.05) is 20.1 Å². The largest absolute Gasteiger partial charge is 0.306 e. The smallest absolute Gasteiger partial charge is 0.0968 e. The molecule has 1 rings (SSSR count). The Bertz CT molecular complexity index is 243. The van der Waals surface area contributed by atoms with Gasteiger partial charge >= 0.3 is 0 Å². The highest BCUT2D eigenvalue weighted by molar-refractivity contribution is 5.17. The number of halogens is 1. The fourth-order valence-electron chi connectivity index (χ4n) is 2.14. The van der Waals surface area contributed by atoms with Gasteiger partial charge < -0.3 is 4.90 Å². The van der Waals surface area contributed by atoms with E-state index in [2.05, 4.69) is 18.9 Å². The van der Waals surface area contributed by atoms with Crippen LogP contribution in [-0.2, 0) is 0 Å². The molecule has 0 spiro atoms. The molecule has 1 aliphatic heterocycles. The van der Waals surface area contributed by atoms with Gasteiger partial charge in [-0.3, -0.25) is 0 Å². The van der Waals surface area contributed by atoms with Crippen LogP contribution in [0.3, 0.4) is 0 Å². The minimum Gasteiger partial charge on any atom is -0.306 e. The maximum atomic E-state index is 12.6. The summed E-state index contributed by atoms with van der Waals surface area (Å²) in [4.78, 5) is 2.36. The first kappa shape index (κ1) is 12.4. The molecule has 15 heavy (non-hydrogen) atoms. The van der Waals surface area contributed by atoms with E-state index in [0.29, 0.717) is 5.92 Å². The third-order valence-electron chi connectivity index (χ3n) is 3.18. The van der Waals surface area contributed by atoms with Crippen LogP contribution >= 0.6 is 0 Å². The predicted molar refractivity (Wildman–Crippen MR) is 63.5 cm³/mol. The van der Waals surface area contributed by atoms with Crippen LogP contribution in [-0.4, -0.2) is 25.0 Å². The summed E-state index contributed by atoms with van der Waals surface area (Å²) in [6.07, 6.45) is 7.05. The first-order chi connectivity index (χ1) is 7.13. The van der Waals surface area contributed by atoms with Gasteiger partial charge in [0.25, 0.3) is 0 Å². The second kappa shape index (κ2) is 6.06. The molecule has 0 aromatic carbocycles. The number of nitrogens with zero attached hydrogens (tertiary/aromatic N) is 1. The lowest BCUT2D eigenvalue weighted by Crippen LogP contribution is -2.30. The lowest BCUT2D eigenvalue weighted by molar-refractivity contribution is 0.236. The Hall–Kier alpha value is -0.630. The number of piperidine rings is 1. The molecule has 0 N–H and O–H groups in total. The Morgan fingerprint density at radius 3 is 2.40 bits per heavy atom. The minimum atomic E-state index is -0.103. The van der Waals surface area contributed by atoms with E-state index >= 15 is 0 Å². The third kappa shape index (κ3) is 4.17. The van der Waals surface area contributed by atoms with E-state index in [-0.39, 0.29) is 5.83 Å². The zero-order valence-corrected chi connectivity index (χ0v) is 10.1. The normalized spacial score (nSPS) is 22.1. The molecule has 86 valence electrons. The fraction of sp³-hybridized carbons (Fsp3) is 0.692. The van der Waals surface area contributed by atoms with Crippen LogP contribution in [0.15, 0.2) is 23.6 Å². The summed E-state index contributed by atoms with van der Waals surface area (Å²) in [7, 11) is 2.16. The Balaban J connectivity index is 2.59. The van der Waals surface area contributed by atoms with Crippen LogP contribution in [0.4, 0.5) is 4.39 Å². The van der Waals surface area contributed by atoms with Crippen molar-refractivity contribution in [1.82, 2.24) is 4.90 Å². The Morgan fingerprint density at radius 1 is 1.33 bits per heavy atom. The van der Waals surface area contributed by atoms with Gasteiger partial charge in [-0.05, 0) is 58.3 Å². The third-order valence-corrected chi connectivity index (χ3v) is 3.18. The van der Waals surface area contributed by atoms with Gasteiger partial charge in [-0.2, -0.15) is 0 Å². The molecular formula is C13H22FN. The zero-order valence-electron chi connectivity index (χ0n) is 10.1. The number of rotatable bonds is 3. The molecule has 0 aliphatic carbocycles. The van der Waals surface area contributed by atoms with E-state index in [4.69, 9.17) is 0 Å². The lowest BCUT2D eigenvalue weighted by Gasteiger charge is -2.30. The summed E-state index contributed by atoms with van der Waals surface area (Å²) in [6, 6.07) is 0. The van der Waals surface area contributed by atoms with Gasteiger partial charge in [0.15, 0.2) is 0 Å². The molecule has 0 radical (unpaired) electrons. The molecule has 0 saturated carbocycles. The van der Waals surface area contributed by atoms with Crippen LogP contribution < -0.4 is 0 Å². The van der Waals surface area contributed by atoms with Crippen molar-refractivity contribution < 1.29 is 4.39 Å². The Kier molecular flexibility index (Phi) is 5.03. The highest BCUT2D eigenvalue weighted by Crippen LogP contribution is 2.26. The molecule has 1 fully saturated rings. The summed E-state index contributed by atoms with van der Waals surface area (Å²) in [5.74, 6) is 0.565. The van der Waals surface area contributed by atoms with E-state index in [1.165, 1.54) is 38.4 Å². The Morgan fingerprint density at radius 2 is 1.93 bits per heavy atom. The molecule has 2 heteroatoms. The van der Waals surface area contributed by atoms with E-state index in [1.807, 2.05) is 6.08 Å². The van der Waals surface area contributed by atoms with Crippen molar-refractivity contribution in [2.24, 2.45) is 5.92 Å². The fourth-order valence-corrected chi connectivity index (χ4v) is 2.14. The summed E-state index contributed by atoms with van der Waals surface area (Å²) in [5, 5.41) is 0. The van der Waals surface area contributed by atoms with Crippen LogP contribution in [0.1, 0.15) is 33.1 Å². The van der Waals surface area contributed by atoms with Gasteiger partial charge in [0.05, 0.1) is 5.83 Å². The number of allylic oxidation sites excluding steroid dienone is 4. The highest BCUT2D eigenvalue weighted by atomic mass is 19.1. The maximum Gasteiger partial charge on any atom is 0.0968 e. The molecule has 0 atom stereocenters. The van der Waals surface area contributed by atoms with Crippen molar-refractivity contribution in [2.45, 2.75) is 33.1 Å². The van der Waals surface area contributed by atoms with Gasteiger partial charge in [0.1, 0.15) is 0 Å². The second-order valence-corrected chi connectivity index (χ2v) is 4.43. The number of likely N-dealkylation sites (tertiary alicyclic amines) is 1. The van der Waals surface area contributed by atoms with Gasteiger partial charge in [0.2, 0.25) is 0 Å². The molecule has 0 bridgehead atoms. The van der Waals surface area contributed by atoms with Crippen LogP contribution in [0, 0.1) is 5.92 Å². The SMILES string of the molecule is CC/C(=C\C=C(/C)F)C1CCN(C)CC1. The van der Waals surface area contributed by atoms with Crippen molar-refractivity contribution in [3.05, 3.63) is 23.6 Å². The summed E-state index contributed by atoms with van der Waals surface area (Å²) < 4.78 is 12.6. The van der Waals surface area contributed by atoms with Crippen LogP contribution in [0.25, 0.3) is 0 Å². The summed E-state index contributed by atoms with van der Waals surface area (Å²) in [6.45, 7) is 5.99. The molecule has 0 unspecified atom stereocenters. The molecule has 1 saturated heterocycles. The maximum absolute atomic E-state index is 12.6. The number of hydrogen-bond donors (Lipinski definition) is 0. The van der Waals surface area contributed by atoms with Crippen LogP contribution in [0.5, 0.6) is 0 Å². The molecule has 0 aromatic heterocycles. The van der Waals surface area contributed by atoms with Crippen molar-refractivity contribution >= 4 is 0 Å². The quantitative estimate of drug-likeness (QED) is 0.645. The standard InChI is InChI=1S/C13H22FN/c1-4-12(6-5-11(2)14)13-7-9-15(3)10-8-13/h5-6,13H,4,7-10H2,1-3H3/b11-5+,12-6+. The average molecular weight is 211 g/mol. The molecule has 1 aliphatic rings. The van der Waals surface area contributed by atoms with E-state index < -0.39 is 0 Å². The highest BCUT2D eigenvalue weighted by Gasteiger charge is 2.18. The van der Waals surface area contributed by atoms with Gasteiger partial charge in [-0.1, -0.05) is 18.6 Å². The van der Waals surface area contributed by atoms with Crippen LogP contribution in [0.2, 0.25) is 0 Å². The average Bonchev–Trinajstić information content (AvgIpc) is 2.21. The molecule has 0 aromatic rings. The molecule has 1 nitrogen and oxygen atoms in total. The van der Waals surface area contributed by atoms with Crippen molar-refractivity contribution in [3.63, 3.8) is 0 Å².